The highest BCUT2D eigenvalue weighted by molar-refractivity contribution is 7.91. The molecule has 0 aliphatic carbocycles. The zero-order chi connectivity index (χ0) is 11.3. The van der Waals surface area contributed by atoms with Gasteiger partial charge in [0.1, 0.15) is 0 Å². The molecule has 1 rings (SSSR count). The van der Waals surface area contributed by atoms with Crippen LogP contribution in [-0.2, 0) is 9.84 Å². The predicted molar refractivity (Wildman–Crippen MR) is 63.4 cm³/mol. The van der Waals surface area contributed by atoms with E-state index in [1.807, 2.05) is 0 Å². The van der Waals surface area contributed by atoms with E-state index in [2.05, 4.69) is 0 Å². The summed E-state index contributed by atoms with van der Waals surface area (Å²) in [5.74, 6) is 0.275. The maximum Gasteiger partial charge on any atom is 0.181 e. The molecule has 0 radical (unpaired) electrons. The summed E-state index contributed by atoms with van der Waals surface area (Å²) in [6.07, 6.45) is 3.14. The van der Waals surface area contributed by atoms with Gasteiger partial charge in [0.05, 0.1) is 10.6 Å². The van der Waals surface area contributed by atoms with Gasteiger partial charge in [-0.05, 0) is 24.3 Å². The molecule has 0 saturated carbocycles. The van der Waals surface area contributed by atoms with Crippen LogP contribution in [0.1, 0.15) is 0 Å². The van der Waals surface area contributed by atoms with Gasteiger partial charge in [-0.1, -0.05) is 23.8 Å². The Morgan fingerprint density at radius 2 is 1.73 bits per heavy atom. The Hall–Kier alpha value is -0.510. The van der Waals surface area contributed by atoms with Crippen molar-refractivity contribution in [3.8, 4) is 0 Å². The van der Waals surface area contributed by atoms with Crippen LogP contribution in [0.5, 0.6) is 0 Å². The van der Waals surface area contributed by atoms with E-state index in [-0.39, 0.29) is 10.6 Å². The SMILES string of the molecule is O=S(=O)(CC=CCCl)c1ccc(Cl)cc1. The third-order valence-electron chi connectivity index (χ3n) is 1.74. The number of hydrogen-bond donors (Lipinski definition) is 0. The largest absolute Gasteiger partial charge is 0.223 e. The standard InChI is InChI=1S/C10H10Cl2O2S/c11-7-1-2-8-15(13,14)10-5-3-9(12)4-6-10/h1-6H,7-8H2. The topological polar surface area (TPSA) is 34.1 Å². The Kier molecular flexibility index (Phi) is 4.64. The van der Waals surface area contributed by atoms with Crippen molar-refractivity contribution in [2.24, 2.45) is 0 Å². The van der Waals surface area contributed by atoms with E-state index in [1.165, 1.54) is 18.2 Å². The molecule has 0 heterocycles. The summed E-state index contributed by atoms with van der Waals surface area (Å²) in [5.41, 5.74) is 0. The van der Waals surface area contributed by atoms with Crippen LogP contribution in [0.2, 0.25) is 5.02 Å². The monoisotopic (exact) mass is 264 g/mol. The Balaban J connectivity index is 2.87. The minimum atomic E-state index is -3.25. The lowest BCUT2D eigenvalue weighted by molar-refractivity contribution is 0.599. The highest BCUT2D eigenvalue weighted by Gasteiger charge is 2.11. The molecule has 82 valence electrons. The summed E-state index contributed by atoms with van der Waals surface area (Å²) in [4.78, 5) is 0.270. The Bertz CT molecular complexity index is 435. The molecule has 0 amide bonds. The molecule has 15 heavy (non-hydrogen) atoms. The third-order valence-corrected chi connectivity index (χ3v) is 3.80. The van der Waals surface area contributed by atoms with E-state index >= 15 is 0 Å². The van der Waals surface area contributed by atoms with Crippen molar-refractivity contribution < 1.29 is 8.42 Å². The number of sulfone groups is 1. The molecule has 1 aromatic carbocycles. The number of rotatable bonds is 4. The molecule has 5 heteroatoms. The van der Waals surface area contributed by atoms with Gasteiger partial charge in [0.2, 0.25) is 0 Å². The molecule has 0 atom stereocenters. The van der Waals surface area contributed by atoms with Crippen molar-refractivity contribution in [3.63, 3.8) is 0 Å². The second-order valence-electron chi connectivity index (χ2n) is 2.86. The van der Waals surface area contributed by atoms with Crippen molar-refractivity contribution in [2.75, 3.05) is 11.6 Å². The quantitative estimate of drug-likeness (QED) is 0.619. The van der Waals surface area contributed by atoms with Gasteiger partial charge in [0, 0.05) is 10.9 Å². The molecular weight excluding hydrogens is 255 g/mol. The first kappa shape index (κ1) is 12.6. The van der Waals surface area contributed by atoms with Crippen LogP contribution in [0.4, 0.5) is 0 Å². The van der Waals surface area contributed by atoms with Crippen molar-refractivity contribution in [2.45, 2.75) is 4.90 Å². The summed E-state index contributed by atoms with van der Waals surface area (Å²) in [7, 11) is -3.25. The van der Waals surface area contributed by atoms with Gasteiger partial charge in [0.25, 0.3) is 0 Å². The third kappa shape index (κ3) is 3.86. The zero-order valence-corrected chi connectivity index (χ0v) is 10.2. The lowest BCUT2D eigenvalue weighted by atomic mass is 10.4. The van der Waals surface area contributed by atoms with Crippen LogP contribution in [-0.4, -0.2) is 20.1 Å². The van der Waals surface area contributed by atoms with Crippen LogP contribution >= 0.6 is 23.2 Å². The fraction of sp³-hybridized carbons (Fsp3) is 0.200. The smallest absolute Gasteiger partial charge is 0.181 e. The van der Waals surface area contributed by atoms with Crippen LogP contribution in [0.25, 0.3) is 0 Å². The molecule has 0 aliphatic heterocycles. The first-order valence-electron chi connectivity index (χ1n) is 4.25. The molecular formula is C10H10Cl2O2S. The molecule has 0 aliphatic rings. The van der Waals surface area contributed by atoms with Crippen molar-refractivity contribution in [1.82, 2.24) is 0 Å². The summed E-state index contributed by atoms with van der Waals surface area (Å²) < 4.78 is 23.4. The molecule has 0 saturated heterocycles. The van der Waals surface area contributed by atoms with Gasteiger partial charge in [-0.2, -0.15) is 0 Å². The highest BCUT2D eigenvalue weighted by Crippen LogP contribution is 2.15. The van der Waals surface area contributed by atoms with Gasteiger partial charge in [-0.15, -0.1) is 11.6 Å². The van der Waals surface area contributed by atoms with Gasteiger partial charge >= 0.3 is 0 Å². The Labute approximate surface area is 99.4 Å². The van der Waals surface area contributed by atoms with E-state index in [1.54, 1.807) is 18.2 Å². The highest BCUT2D eigenvalue weighted by atomic mass is 35.5. The summed E-state index contributed by atoms with van der Waals surface area (Å²) in [6.45, 7) is 0. The second kappa shape index (κ2) is 5.54. The molecule has 1 aromatic rings. The van der Waals surface area contributed by atoms with E-state index in [9.17, 15) is 8.42 Å². The minimum Gasteiger partial charge on any atom is -0.223 e. The molecule has 0 bridgehead atoms. The lowest BCUT2D eigenvalue weighted by Crippen LogP contribution is -2.04. The van der Waals surface area contributed by atoms with Crippen LogP contribution in [0, 0.1) is 0 Å². The Morgan fingerprint density at radius 3 is 2.27 bits per heavy atom. The number of hydrogen-bond acceptors (Lipinski definition) is 2. The zero-order valence-electron chi connectivity index (χ0n) is 7.86. The van der Waals surface area contributed by atoms with Gasteiger partial charge < -0.3 is 0 Å². The average molecular weight is 265 g/mol. The summed E-state index contributed by atoms with van der Waals surface area (Å²) in [5, 5.41) is 0.519. The van der Waals surface area contributed by atoms with Gasteiger partial charge in [0.15, 0.2) is 9.84 Å². The van der Waals surface area contributed by atoms with Gasteiger partial charge in [-0.3, -0.25) is 0 Å². The van der Waals surface area contributed by atoms with Crippen molar-refractivity contribution >= 4 is 33.0 Å². The molecule has 0 aromatic heterocycles. The predicted octanol–water partition coefficient (Wildman–Crippen LogP) is 2.91. The minimum absolute atomic E-state index is 0.0403. The lowest BCUT2D eigenvalue weighted by Gasteiger charge is -2.00. The number of benzene rings is 1. The fourth-order valence-electron chi connectivity index (χ4n) is 0.996. The van der Waals surface area contributed by atoms with Crippen molar-refractivity contribution in [1.29, 1.82) is 0 Å². The number of alkyl halides is 1. The normalized spacial score (nSPS) is 12.1. The molecule has 0 fully saturated rings. The van der Waals surface area contributed by atoms with E-state index in [0.717, 1.165) is 0 Å². The number of allylic oxidation sites excluding steroid dienone is 1. The summed E-state index contributed by atoms with van der Waals surface area (Å²) in [6, 6.07) is 6.10. The van der Waals surface area contributed by atoms with E-state index in [0.29, 0.717) is 10.9 Å². The van der Waals surface area contributed by atoms with E-state index in [4.69, 9.17) is 23.2 Å². The maximum absolute atomic E-state index is 11.7. The summed E-state index contributed by atoms with van der Waals surface area (Å²) >= 11 is 11.1. The van der Waals surface area contributed by atoms with Crippen LogP contribution in [0.15, 0.2) is 41.3 Å². The molecule has 2 nitrogen and oxygen atoms in total. The van der Waals surface area contributed by atoms with Gasteiger partial charge in [-0.25, -0.2) is 8.42 Å². The van der Waals surface area contributed by atoms with Crippen LogP contribution in [0.3, 0.4) is 0 Å². The Morgan fingerprint density at radius 1 is 1.13 bits per heavy atom. The molecule has 0 spiro atoms. The molecule has 0 unspecified atom stereocenters. The van der Waals surface area contributed by atoms with Crippen LogP contribution < -0.4 is 0 Å². The second-order valence-corrected chi connectivity index (χ2v) is 5.64. The van der Waals surface area contributed by atoms with Crippen molar-refractivity contribution in [3.05, 3.63) is 41.4 Å². The first-order valence-corrected chi connectivity index (χ1v) is 6.82. The molecule has 0 N–H and O–H groups in total. The average Bonchev–Trinajstić information content (AvgIpc) is 2.18. The first-order chi connectivity index (χ1) is 7.06. The maximum atomic E-state index is 11.7. The van der Waals surface area contributed by atoms with E-state index < -0.39 is 9.84 Å². The number of halogens is 2. The fourth-order valence-corrected chi connectivity index (χ4v) is 2.38.